The first kappa shape index (κ1) is 10.8. The fraction of sp³-hybridized carbons (Fsp3) is 0.333. The Labute approximate surface area is 86.5 Å². The van der Waals surface area contributed by atoms with Gasteiger partial charge in [0, 0.05) is 19.3 Å². The van der Waals surface area contributed by atoms with Crippen LogP contribution >= 0.6 is 11.6 Å². The second-order valence-electron chi connectivity index (χ2n) is 2.97. The first-order valence-corrected chi connectivity index (χ1v) is 4.56. The van der Waals surface area contributed by atoms with Crippen LogP contribution in [0.3, 0.4) is 0 Å². The number of nitrogens with zero attached hydrogens (tertiary/aromatic N) is 1. The second-order valence-corrected chi connectivity index (χ2v) is 3.63. The molecule has 0 aromatic carbocycles. The van der Waals surface area contributed by atoms with Crippen LogP contribution in [0.1, 0.15) is 6.92 Å². The van der Waals surface area contributed by atoms with Crippen molar-refractivity contribution in [2.45, 2.75) is 12.3 Å². The molecular weight excluding hydrogens is 204 g/mol. The minimum atomic E-state index is -0.591. The number of aryl methyl sites for hydroxylation is 1. The SMILES string of the molecule is CC(Cl)C(=O)Nc1ccc(=O)n(C)c1. The molecule has 0 aliphatic rings. The lowest BCUT2D eigenvalue weighted by Crippen LogP contribution is -2.22. The Balaban J connectivity index is 2.83. The molecule has 1 aromatic heterocycles. The topological polar surface area (TPSA) is 51.1 Å². The summed E-state index contributed by atoms with van der Waals surface area (Å²) in [6.45, 7) is 1.58. The summed E-state index contributed by atoms with van der Waals surface area (Å²) in [4.78, 5) is 22.2. The summed E-state index contributed by atoms with van der Waals surface area (Å²) in [5, 5.41) is 1.99. The molecule has 76 valence electrons. The molecule has 5 heteroatoms. The zero-order chi connectivity index (χ0) is 10.7. The van der Waals surface area contributed by atoms with E-state index in [9.17, 15) is 9.59 Å². The molecule has 0 radical (unpaired) electrons. The van der Waals surface area contributed by atoms with Gasteiger partial charge < -0.3 is 9.88 Å². The molecule has 1 aromatic rings. The summed E-state index contributed by atoms with van der Waals surface area (Å²) in [5.41, 5.74) is 0.437. The van der Waals surface area contributed by atoms with E-state index in [-0.39, 0.29) is 11.5 Å². The molecule has 0 spiro atoms. The zero-order valence-electron chi connectivity index (χ0n) is 7.95. The van der Waals surface area contributed by atoms with Crippen molar-refractivity contribution >= 4 is 23.2 Å². The summed E-state index contributed by atoms with van der Waals surface area (Å²) >= 11 is 5.57. The number of hydrogen-bond acceptors (Lipinski definition) is 2. The number of halogens is 1. The van der Waals surface area contributed by atoms with Gasteiger partial charge >= 0.3 is 0 Å². The van der Waals surface area contributed by atoms with Crippen molar-refractivity contribution in [3.63, 3.8) is 0 Å². The molecule has 1 heterocycles. The highest BCUT2D eigenvalue weighted by Gasteiger charge is 2.08. The molecule has 0 fully saturated rings. The molecule has 1 unspecified atom stereocenters. The van der Waals surface area contributed by atoms with Gasteiger partial charge in [-0.05, 0) is 13.0 Å². The molecule has 0 aliphatic heterocycles. The number of carbonyl (C=O) groups excluding carboxylic acids is 1. The molecule has 1 rings (SSSR count). The highest BCUT2D eigenvalue weighted by Crippen LogP contribution is 2.05. The van der Waals surface area contributed by atoms with Gasteiger partial charge in [0.15, 0.2) is 0 Å². The van der Waals surface area contributed by atoms with Gasteiger partial charge in [-0.15, -0.1) is 11.6 Å². The number of pyridine rings is 1. The van der Waals surface area contributed by atoms with Gasteiger partial charge in [-0.3, -0.25) is 9.59 Å². The highest BCUT2D eigenvalue weighted by molar-refractivity contribution is 6.32. The van der Waals surface area contributed by atoms with E-state index in [1.54, 1.807) is 26.2 Å². The first-order valence-electron chi connectivity index (χ1n) is 4.12. The maximum absolute atomic E-state index is 11.2. The third-order valence-electron chi connectivity index (χ3n) is 1.71. The van der Waals surface area contributed by atoms with E-state index in [1.165, 1.54) is 10.6 Å². The van der Waals surface area contributed by atoms with Crippen LogP contribution in [0.2, 0.25) is 0 Å². The van der Waals surface area contributed by atoms with Crippen LogP contribution < -0.4 is 10.9 Å². The van der Waals surface area contributed by atoms with E-state index in [0.29, 0.717) is 5.69 Å². The molecule has 0 saturated carbocycles. The Kier molecular flexibility index (Phi) is 3.30. The van der Waals surface area contributed by atoms with Crippen LogP contribution in [0.25, 0.3) is 0 Å². The van der Waals surface area contributed by atoms with Crippen molar-refractivity contribution in [1.29, 1.82) is 0 Å². The largest absolute Gasteiger partial charge is 0.324 e. The predicted molar refractivity (Wildman–Crippen MR) is 55.6 cm³/mol. The number of aromatic nitrogens is 1. The minimum absolute atomic E-state index is 0.123. The third kappa shape index (κ3) is 2.60. The predicted octanol–water partition coefficient (Wildman–Crippen LogP) is 0.951. The first-order chi connectivity index (χ1) is 6.50. The molecule has 1 amide bonds. The summed E-state index contributed by atoms with van der Waals surface area (Å²) in [5.74, 6) is -0.287. The minimum Gasteiger partial charge on any atom is -0.324 e. The van der Waals surface area contributed by atoms with Gasteiger partial charge in [-0.1, -0.05) is 0 Å². The van der Waals surface area contributed by atoms with Crippen molar-refractivity contribution < 1.29 is 4.79 Å². The van der Waals surface area contributed by atoms with Gasteiger partial charge in [0.05, 0.1) is 5.69 Å². The molecule has 1 N–H and O–H groups in total. The van der Waals surface area contributed by atoms with E-state index >= 15 is 0 Å². The Bertz CT molecular complexity index is 398. The summed E-state index contributed by atoms with van der Waals surface area (Å²) in [6, 6.07) is 2.92. The van der Waals surface area contributed by atoms with Crippen molar-refractivity contribution in [1.82, 2.24) is 4.57 Å². The van der Waals surface area contributed by atoms with Gasteiger partial charge in [0.2, 0.25) is 11.5 Å². The quantitative estimate of drug-likeness (QED) is 0.746. The fourth-order valence-corrected chi connectivity index (χ4v) is 0.964. The number of anilines is 1. The molecule has 4 nitrogen and oxygen atoms in total. The number of carbonyl (C=O) groups is 1. The van der Waals surface area contributed by atoms with Crippen molar-refractivity contribution in [3.8, 4) is 0 Å². The van der Waals surface area contributed by atoms with Crippen LogP contribution in [0.5, 0.6) is 0 Å². The molecule has 0 bridgehead atoms. The maximum atomic E-state index is 11.2. The molecule has 0 aliphatic carbocycles. The molecule has 1 atom stereocenters. The number of nitrogens with one attached hydrogen (secondary N) is 1. The fourth-order valence-electron chi connectivity index (χ4n) is 0.910. The Morgan fingerprint density at radius 1 is 1.57 bits per heavy atom. The van der Waals surface area contributed by atoms with E-state index < -0.39 is 5.38 Å². The monoisotopic (exact) mass is 214 g/mol. The third-order valence-corrected chi connectivity index (χ3v) is 1.91. The van der Waals surface area contributed by atoms with Gasteiger partial charge in [-0.2, -0.15) is 0 Å². The lowest BCUT2D eigenvalue weighted by Gasteiger charge is -2.07. The normalized spacial score (nSPS) is 12.2. The summed E-state index contributed by atoms with van der Waals surface area (Å²) in [7, 11) is 1.61. The van der Waals surface area contributed by atoms with Crippen LogP contribution in [-0.2, 0) is 11.8 Å². The Morgan fingerprint density at radius 3 is 2.71 bits per heavy atom. The number of rotatable bonds is 2. The number of hydrogen-bond donors (Lipinski definition) is 1. The van der Waals surface area contributed by atoms with E-state index in [0.717, 1.165) is 0 Å². The van der Waals surface area contributed by atoms with E-state index in [2.05, 4.69) is 5.32 Å². The smallest absolute Gasteiger partial charge is 0.250 e. The Hall–Kier alpha value is -1.29. The lowest BCUT2D eigenvalue weighted by atomic mass is 10.3. The van der Waals surface area contributed by atoms with Crippen LogP contribution in [0.15, 0.2) is 23.1 Å². The van der Waals surface area contributed by atoms with E-state index in [4.69, 9.17) is 11.6 Å². The standard InChI is InChI=1S/C9H11ClN2O2/c1-6(10)9(14)11-7-3-4-8(13)12(2)5-7/h3-6H,1-2H3,(H,11,14). The van der Waals surface area contributed by atoms with Gasteiger partial charge in [-0.25, -0.2) is 0 Å². The van der Waals surface area contributed by atoms with Gasteiger partial charge in [0.25, 0.3) is 0 Å². The van der Waals surface area contributed by atoms with E-state index in [1.807, 2.05) is 0 Å². The molecule has 14 heavy (non-hydrogen) atoms. The van der Waals surface area contributed by atoms with Crippen LogP contribution in [-0.4, -0.2) is 15.9 Å². The second kappa shape index (κ2) is 4.28. The number of alkyl halides is 1. The van der Waals surface area contributed by atoms with Crippen LogP contribution in [0, 0.1) is 0 Å². The molecular formula is C9H11ClN2O2. The average Bonchev–Trinajstić information content (AvgIpc) is 2.11. The van der Waals surface area contributed by atoms with Crippen molar-refractivity contribution in [2.24, 2.45) is 7.05 Å². The summed E-state index contributed by atoms with van der Waals surface area (Å²) < 4.78 is 1.38. The highest BCUT2D eigenvalue weighted by atomic mass is 35.5. The Morgan fingerprint density at radius 2 is 2.21 bits per heavy atom. The molecule has 0 saturated heterocycles. The zero-order valence-corrected chi connectivity index (χ0v) is 8.71. The lowest BCUT2D eigenvalue weighted by molar-refractivity contribution is -0.115. The maximum Gasteiger partial charge on any atom is 0.250 e. The number of amides is 1. The van der Waals surface area contributed by atoms with Gasteiger partial charge in [0.1, 0.15) is 5.38 Å². The average molecular weight is 215 g/mol. The summed E-state index contributed by atoms with van der Waals surface area (Å²) in [6.07, 6.45) is 1.54. The van der Waals surface area contributed by atoms with Crippen LogP contribution in [0.4, 0.5) is 5.69 Å². The van der Waals surface area contributed by atoms with Crippen molar-refractivity contribution in [3.05, 3.63) is 28.7 Å². The van der Waals surface area contributed by atoms with Crippen molar-refractivity contribution in [2.75, 3.05) is 5.32 Å².